The average Bonchev–Trinajstić information content (AvgIpc) is 2.39. The molecule has 0 heterocycles. The van der Waals surface area contributed by atoms with Crippen LogP contribution in [0, 0.1) is 0 Å². The molecular formula is C15H24NO4+. The van der Waals surface area contributed by atoms with Gasteiger partial charge in [-0.1, -0.05) is 0 Å². The van der Waals surface area contributed by atoms with Crippen LogP contribution in [0.25, 0.3) is 0 Å². The van der Waals surface area contributed by atoms with E-state index in [4.69, 9.17) is 4.74 Å². The Hall–Kier alpha value is -1.75. The lowest BCUT2D eigenvalue weighted by Gasteiger charge is -2.18. The lowest BCUT2D eigenvalue weighted by Crippen LogP contribution is -3.11. The molecule has 0 spiro atoms. The van der Waals surface area contributed by atoms with Crippen molar-refractivity contribution in [1.29, 1.82) is 0 Å². The number of hydrogen-bond donors (Lipinski definition) is 3. The van der Waals surface area contributed by atoms with E-state index in [9.17, 15) is 15.0 Å². The zero-order chi connectivity index (χ0) is 15.1. The highest BCUT2D eigenvalue weighted by molar-refractivity contribution is 5.92. The third-order valence-corrected chi connectivity index (χ3v) is 3.41. The molecule has 0 aliphatic carbocycles. The first-order chi connectivity index (χ1) is 9.47. The average molecular weight is 282 g/mol. The molecule has 0 bridgehead atoms. The van der Waals surface area contributed by atoms with Crippen LogP contribution in [0.2, 0.25) is 0 Å². The van der Waals surface area contributed by atoms with Crippen LogP contribution in [0.3, 0.4) is 0 Å². The van der Waals surface area contributed by atoms with Crippen molar-refractivity contribution in [2.75, 3.05) is 19.6 Å². The highest BCUT2D eigenvalue weighted by Crippen LogP contribution is 2.23. The highest BCUT2D eigenvalue weighted by Gasteiger charge is 2.17. The van der Waals surface area contributed by atoms with Gasteiger partial charge in [-0.2, -0.15) is 0 Å². The molecule has 5 heteroatoms. The maximum absolute atomic E-state index is 11.9. The van der Waals surface area contributed by atoms with Crippen LogP contribution in [-0.2, 0) is 4.74 Å². The maximum atomic E-state index is 11.9. The zero-order valence-electron chi connectivity index (χ0n) is 12.3. The van der Waals surface area contributed by atoms with Gasteiger partial charge in [0.25, 0.3) is 0 Å². The molecule has 1 atom stereocenters. The Balaban J connectivity index is 2.53. The van der Waals surface area contributed by atoms with Crippen LogP contribution < -0.4 is 4.90 Å². The molecule has 0 aromatic heterocycles. The molecule has 0 aliphatic rings. The Morgan fingerprint density at radius 1 is 1.30 bits per heavy atom. The van der Waals surface area contributed by atoms with Gasteiger partial charge >= 0.3 is 5.97 Å². The van der Waals surface area contributed by atoms with Crippen molar-refractivity contribution in [1.82, 2.24) is 0 Å². The lowest BCUT2D eigenvalue weighted by molar-refractivity contribution is -0.896. The molecule has 1 aromatic carbocycles. The second kappa shape index (κ2) is 7.75. The zero-order valence-corrected chi connectivity index (χ0v) is 12.3. The van der Waals surface area contributed by atoms with Crippen molar-refractivity contribution in [2.45, 2.75) is 33.3 Å². The monoisotopic (exact) mass is 282 g/mol. The van der Waals surface area contributed by atoms with Crippen LogP contribution in [-0.4, -0.2) is 41.9 Å². The van der Waals surface area contributed by atoms with Crippen LogP contribution >= 0.6 is 0 Å². The van der Waals surface area contributed by atoms with Crippen molar-refractivity contribution in [3.05, 3.63) is 23.8 Å². The van der Waals surface area contributed by atoms with Gasteiger partial charge in [0.15, 0.2) is 0 Å². The summed E-state index contributed by atoms with van der Waals surface area (Å²) in [6.07, 6.45) is 0.575. The van der Waals surface area contributed by atoms with E-state index < -0.39 is 5.97 Å². The number of carbonyl (C=O) groups is 1. The van der Waals surface area contributed by atoms with E-state index in [1.165, 1.54) is 17.0 Å². The number of phenolic OH excluding ortho intramolecular Hbond substituents is 2. The van der Waals surface area contributed by atoms with Gasteiger partial charge in [-0.15, -0.1) is 0 Å². The van der Waals surface area contributed by atoms with Crippen molar-refractivity contribution in [3.8, 4) is 11.5 Å². The number of benzene rings is 1. The minimum atomic E-state index is -0.565. The number of hydrogen-bond acceptors (Lipinski definition) is 4. The van der Waals surface area contributed by atoms with Crippen molar-refractivity contribution >= 4 is 5.97 Å². The number of rotatable bonds is 7. The Morgan fingerprint density at radius 3 is 2.50 bits per heavy atom. The molecule has 20 heavy (non-hydrogen) atoms. The number of phenols is 2. The molecule has 0 unspecified atom stereocenters. The molecule has 0 fully saturated rings. The second-order valence-corrected chi connectivity index (χ2v) is 4.91. The fourth-order valence-corrected chi connectivity index (χ4v) is 2.01. The minimum absolute atomic E-state index is 0.0739. The summed E-state index contributed by atoms with van der Waals surface area (Å²) in [6, 6.07) is 3.83. The van der Waals surface area contributed by atoms with E-state index in [1.54, 1.807) is 0 Å². The van der Waals surface area contributed by atoms with Gasteiger partial charge in [-0.05, 0) is 32.9 Å². The lowest BCUT2D eigenvalue weighted by atomic mass is 10.2. The van der Waals surface area contributed by atoms with Gasteiger partial charge in [0.05, 0.1) is 19.6 Å². The van der Waals surface area contributed by atoms with Crippen molar-refractivity contribution in [2.24, 2.45) is 0 Å². The molecule has 3 N–H and O–H groups in total. The van der Waals surface area contributed by atoms with E-state index in [2.05, 4.69) is 13.8 Å². The number of nitrogens with one attached hydrogen (secondary N) is 1. The number of esters is 1. The van der Waals surface area contributed by atoms with Crippen LogP contribution in [0.15, 0.2) is 18.2 Å². The molecule has 0 aliphatic heterocycles. The predicted octanol–water partition coefficient (Wildman–Crippen LogP) is 0.958. The third-order valence-electron chi connectivity index (χ3n) is 3.41. The van der Waals surface area contributed by atoms with E-state index in [0.29, 0.717) is 0 Å². The summed E-state index contributed by atoms with van der Waals surface area (Å²) in [4.78, 5) is 13.4. The topological polar surface area (TPSA) is 71.2 Å². The molecule has 0 radical (unpaired) electrons. The molecule has 1 rings (SSSR count). The fourth-order valence-electron chi connectivity index (χ4n) is 2.01. The van der Waals surface area contributed by atoms with Gasteiger partial charge in [-0.25, -0.2) is 4.79 Å². The third kappa shape index (κ3) is 4.74. The van der Waals surface area contributed by atoms with E-state index in [1.807, 2.05) is 6.92 Å². The van der Waals surface area contributed by atoms with Gasteiger partial charge in [0.2, 0.25) is 0 Å². The standard InChI is InChI=1S/C15H23NO4/c1-4-16(5-2)9-8-11(3)20-15(19)13-7-6-12(17)10-14(13)18/h6-7,10-11,17-18H,4-5,8-9H2,1-3H3/p+1/t11-/m0/s1. The summed E-state index contributed by atoms with van der Waals surface area (Å²) < 4.78 is 5.30. The highest BCUT2D eigenvalue weighted by atomic mass is 16.5. The Labute approximate surface area is 119 Å². The van der Waals surface area contributed by atoms with Crippen LogP contribution in [0.4, 0.5) is 0 Å². The summed E-state index contributed by atoms with van der Waals surface area (Å²) in [6.45, 7) is 9.15. The second-order valence-electron chi connectivity index (χ2n) is 4.91. The normalized spacial score (nSPS) is 12.4. The molecule has 0 saturated carbocycles. The van der Waals surface area contributed by atoms with Gasteiger partial charge in [0.1, 0.15) is 23.2 Å². The summed E-state index contributed by atoms with van der Waals surface area (Å²) >= 11 is 0. The smallest absolute Gasteiger partial charge is 0.342 e. The molecular weight excluding hydrogens is 258 g/mol. The molecule has 112 valence electrons. The summed E-state index contributed by atoms with van der Waals surface area (Å²) in [5.41, 5.74) is 0.0739. The van der Waals surface area contributed by atoms with E-state index in [-0.39, 0.29) is 23.2 Å². The number of ether oxygens (including phenoxy) is 1. The van der Waals surface area contributed by atoms with Gasteiger partial charge in [0, 0.05) is 12.5 Å². The van der Waals surface area contributed by atoms with Crippen LogP contribution in [0.1, 0.15) is 37.6 Å². The van der Waals surface area contributed by atoms with E-state index in [0.717, 1.165) is 32.1 Å². The number of carbonyl (C=O) groups excluding carboxylic acids is 1. The first-order valence-corrected chi connectivity index (χ1v) is 7.04. The summed E-state index contributed by atoms with van der Waals surface area (Å²) in [5, 5.41) is 18.8. The molecule has 5 nitrogen and oxygen atoms in total. The van der Waals surface area contributed by atoms with Crippen molar-refractivity contribution < 1.29 is 24.6 Å². The first kappa shape index (κ1) is 16.3. The predicted molar refractivity (Wildman–Crippen MR) is 76.2 cm³/mol. The minimum Gasteiger partial charge on any atom is -0.508 e. The van der Waals surface area contributed by atoms with Crippen molar-refractivity contribution in [3.63, 3.8) is 0 Å². The number of quaternary nitrogens is 1. The fraction of sp³-hybridized carbons (Fsp3) is 0.533. The van der Waals surface area contributed by atoms with Crippen LogP contribution in [0.5, 0.6) is 11.5 Å². The Morgan fingerprint density at radius 2 is 1.95 bits per heavy atom. The SMILES string of the molecule is CC[NH+](CC)CC[C@H](C)OC(=O)c1ccc(O)cc1O. The summed E-state index contributed by atoms with van der Waals surface area (Å²) in [5.74, 6) is -0.918. The van der Waals surface area contributed by atoms with Gasteiger partial charge in [-0.3, -0.25) is 0 Å². The Kier molecular flexibility index (Phi) is 6.31. The molecule has 0 amide bonds. The largest absolute Gasteiger partial charge is 0.508 e. The molecule has 1 aromatic rings. The summed E-state index contributed by atoms with van der Waals surface area (Å²) in [7, 11) is 0. The first-order valence-electron chi connectivity index (χ1n) is 7.04. The quantitative estimate of drug-likeness (QED) is 0.651. The van der Waals surface area contributed by atoms with Gasteiger partial charge < -0.3 is 19.8 Å². The maximum Gasteiger partial charge on any atom is 0.342 e. The number of aromatic hydroxyl groups is 2. The molecule has 0 saturated heterocycles. The van der Waals surface area contributed by atoms with E-state index >= 15 is 0 Å². The Bertz CT molecular complexity index is 443.